The SMILES string of the molecule is COc1ccc(C(=O)Nc2nn(Cc3ccc(F)cc3)cc2Cl)cc1[N+](=O)[O-]. The summed E-state index contributed by atoms with van der Waals surface area (Å²) in [5, 5.41) is 18.0. The van der Waals surface area contributed by atoms with Gasteiger partial charge >= 0.3 is 5.69 Å². The van der Waals surface area contributed by atoms with E-state index in [1.165, 1.54) is 42.3 Å². The molecule has 1 heterocycles. The van der Waals surface area contributed by atoms with Crippen molar-refractivity contribution < 1.29 is 18.8 Å². The molecule has 2 aromatic carbocycles. The Bertz CT molecular complexity index is 1040. The van der Waals surface area contributed by atoms with Gasteiger partial charge in [0.25, 0.3) is 5.91 Å². The molecule has 0 fully saturated rings. The number of aromatic nitrogens is 2. The molecule has 0 atom stereocenters. The number of carbonyl (C=O) groups excluding carboxylic acids is 1. The molecular formula is C18H14ClFN4O4. The number of hydrogen-bond donors (Lipinski definition) is 1. The number of ether oxygens (including phenoxy) is 1. The Morgan fingerprint density at radius 3 is 2.68 bits per heavy atom. The monoisotopic (exact) mass is 404 g/mol. The highest BCUT2D eigenvalue weighted by molar-refractivity contribution is 6.33. The van der Waals surface area contributed by atoms with E-state index in [1.54, 1.807) is 12.1 Å². The number of carbonyl (C=O) groups is 1. The highest BCUT2D eigenvalue weighted by Crippen LogP contribution is 2.28. The summed E-state index contributed by atoms with van der Waals surface area (Å²) in [5.41, 5.74) is 0.518. The molecule has 1 aromatic heterocycles. The normalized spacial score (nSPS) is 10.5. The number of nitrogens with zero attached hydrogens (tertiary/aromatic N) is 3. The summed E-state index contributed by atoms with van der Waals surface area (Å²) in [6.07, 6.45) is 1.51. The van der Waals surface area contributed by atoms with Crippen LogP contribution >= 0.6 is 11.6 Å². The molecule has 0 unspecified atom stereocenters. The average molecular weight is 405 g/mol. The van der Waals surface area contributed by atoms with Crippen molar-refractivity contribution in [1.82, 2.24) is 9.78 Å². The second kappa shape index (κ2) is 8.05. The van der Waals surface area contributed by atoms with Gasteiger partial charge in [0.1, 0.15) is 10.8 Å². The number of nitro benzene ring substituents is 1. The van der Waals surface area contributed by atoms with Crippen LogP contribution < -0.4 is 10.1 Å². The van der Waals surface area contributed by atoms with E-state index in [4.69, 9.17) is 16.3 Å². The molecule has 1 amide bonds. The maximum Gasteiger partial charge on any atom is 0.311 e. The van der Waals surface area contributed by atoms with Gasteiger partial charge < -0.3 is 10.1 Å². The first-order valence-corrected chi connectivity index (χ1v) is 8.36. The second-order valence-electron chi connectivity index (χ2n) is 5.75. The van der Waals surface area contributed by atoms with E-state index in [9.17, 15) is 19.3 Å². The Morgan fingerprint density at radius 2 is 2.04 bits per heavy atom. The summed E-state index contributed by atoms with van der Waals surface area (Å²) in [6, 6.07) is 9.72. The highest BCUT2D eigenvalue weighted by atomic mass is 35.5. The summed E-state index contributed by atoms with van der Waals surface area (Å²) in [7, 11) is 1.30. The van der Waals surface area contributed by atoms with Crippen molar-refractivity contribution in [2.24, 2.45) is 0 Å². The number of benzene rings is 2. The molecule has 28 heavy (non-hydrogen) atoms. The summed E-state index contributed by atoms with van der Waals surface area (Å²) >= 11 is 6.11. The molecule has 3 rings (SSSR count). The predicted octanol–water partition coefficient (Wildman–Crippen LogP) is 3.89. The summed E-state index contributed by atoms with van der Waals surface area (Å²) < 4.78 is 19.4. The van der Waals surface area contributed by atoms with E-state index in [0.29, 0.717) is 6.54 Å². The molecule has 0 saturated carbocycles. The quantitative estimate of drug-likeness (QED) is 0.496. The molecule has 8 nitrogen and oxygen atoms in total. The van der Waals surface area contributed by atoms with E-state index in [1.807, 2.05) is 0 Å². The molecule has 0 spiro atoms. The van der Waals surface area contributed by atoms with Crippen molar-refractivity contribution in [3.8, 4) is 5.75 Å². The van der Waals surface area contributed by atoms with Gasteiger partial charge in [-0.3, -0.25) is 19.6 Å². The molecular weight excluding hydrogens is 391 g/mol. The Labute approximate surface area is 163 Å². The fourth-order valence-electron chi connectivity index (χ4n) is 2.49. The molecule has 1 N–H and O–H groups in total. The maximum atomic E-state index is 13.0. The number of rotatable bonds is 6. The molecule has 0 aliphatic rings. The summed E-state index contributed by atoms with van der Waals surface area (Å²) in [5.74, 6) is -0.807. The van der Waals surface area contributed by atoms with Crippen LogP contribution in [0.4, 0.5) is 15.9 Å². The number of amides is 1. The number of methoxy groups -OCH3 is 1. The summed E-state index contributed by atoms with van der Waals surface area (Å²) in [4.78, 5) is 22.9. The van der Waals surface area contributed by atoms with Crippen molar-refractivity contribution in [3.05, 3.63) is 80.7 Å². The van der Waals surface area contributed by atoms with Crippen LogP contribution in [0, 0.1) is 15.9 Å². The van der Waals surface area contributed by atoms with E-state index in [-0.39, 0.29) is 33.7 Å². The van der Waals surface area contributed by atoms with Gasteiger partial charge in [0.05, 0.1) is 18.6 Å². The molecule has 3 aromatic rings. The van der Waals surface area contributed by atoms with Crippen molar-refractivity contribution in [2.45, 2.75) is 6.54 Å². The van der Waals surface area contributed by atoms with Crippen LogP contribution in [0.1, 0.15) is 15.9 Å². The first kappa shape index (κ1) is 19.3. The van der Waals surface area contributed by atoms with Crippen molar-refractivity contribution in [1.29, 1.82) is 0 Å². The fraction of sp³-hybridized carbons (Fsp3) is 0.111. The zero-order chi connectivity index (χ0) is 20.3. The van der Waals surface area contributed by atoms with Crippen LogP contribution in [0.5, 0.6) is 5.75 Å². The van der Waals surface area contributed by atoms with E-state index in [2.05, 4.69) is 10.4 Å². The molecule has 0 aliphatic heterocycles. The number of halogens is 2. The lowest BCUT2D eigenvalue weighted by Gasteiger charge is -2.05. The van der Waals surface area contributed by atoms with Crippen LogP contribution in [-0.4, -0.2) is 27.7 Å². The van der Waals surface area contributed by atoms with Gasteiger partial charge in [-0.05, 0) is 29.8 Å². The molecule has 0 aliphatic carbocycles. The topological polar surface area (TPSA) is 99.3 Å². The van der Waals surface area contributed by atoms with Crippen molar-refractivity contribution in [2.75, 3.05) is 12.4 Å². The standard InChI is InChI=1S/C18H14ClFN4O4/c1-28-16-7-4-12(8-15(16)24(26)27)18(25)21-17-14(19)10-23(22-17)9-11-2-5-13(20)6-3-11/h2-8,10H,9H2,1H3,(H,21,22,25). The number of nitro groups is 1. The highest BCUT2D eigenvalue weighted by Gasteiger charge is 2.19. The third-order valence-corrected chi connectivity index (χ3v) is 4.12. The van der Waals surface area contributed by atoms with Crippen LogP contribution in [0.2, 0.25) is 5.02 Å². The Balaban J connectivity index is 1.77. The van der Waals surface area contributed by atoms with Gasteiger partial charge in [0.2, 0.25) is 0 Å². The third-order valence-electron chi connectivity index (χ3n) is 3.84. The Hall–Kier alpha value is -3.46. The Kier molecular flexibility index (Phi) is 5.55. The number of nitrogens with one attached hydrogen (secondary N) is 1. The van der Waals surface area contributed by atoms with Gasteiger partial charge in [0.15, 0.2) is 11.6 Å². The lowest BCUT2D eigenvalue weighted by molar-refractivity contribution is -0.385. The minimum absolute atomic E-state index is 0.0446. The van der Waals surface area contributed by atoms with Gasteiger partial charge in [-0.1, -0.05) is 23.7 Å². The molecule has 144 valence electrons. The number of anilines is 1. The van der Waals surface area contributed by atoms with Gasteiger partial charge in [-0.15, -0.1) is 0 Å². The van der Waals surface area contributed by atoms with E-state index in [0.717, 1.165) is 11.6 Å². The van der Waals surface area contributed by atoms with Gasteiger partial charge in [-0.2, -0.15) is 5.10 Å². The van der Waals surface area contributed by atoms with E-state index < -0.39 is 10.8 Å². The smallest absolute Gasteiger partial charge is 0.311 e. The average Bonchev–Trinajstić information content (AvgIpc) is 3.01. The third kappa shape index (κ3) is 4.26. The predicted molar refractivity (Wildman–Crippen MR) is 100 cm³/mol. The minimum Gasteiger partial charge on any atom is -0.490 e. The van der Waals surface area contributed by atoms with E-state index >= 15 is 0 Å². The van der Waals surface area contributed by atoms with Gasteiger partial charge in [0, 0.05) is 17.8 Å². The first-order valence-electron chi connectivity index (χ1n) is 7.98. The van der Waals surface area contributed by atoms with Crippen molar-refractivity contribution in [3.63, 3.8) is 0 Å². The lowest BCUT2D eigenvalue weighted by Crippen LogP contribution is -2.13. The van der Waals surface area contributed by atoms with Gasteiger partial charge in [-0.25, -0.2) is 4.39 Å². The number of hydrogen-bond acceptors (Lipinski definition) is 5. The van der Waals surface area contributed by atoms with Crippen molar-refractivity contribution >= 4 is 29.0 Å². The molecule has 0 saturated heterocycles. The van der Waals surface area contributed by atoms with Crippen LogP contribution in [0.15, 0.2) is 48.7 Å². The van der Waals surface area contributed by atoms with Crippen LogP contribution in [0.25, 0.3) is 0 Å². The zero-order valence-corrected chi connectivity index (χ0v) is 15.3. The van der Waals surface area contributed by atoms with Crippen LogP contribution in [-0.2, 0) is 6.54 Å². The minimum atomic E-state index is -0.639. The lowest BCUT2D eigenvalue weighted by atomic mass is 10.1. The second-order valence-corrected chi connectivity index (χ2v) is 6.15. The largest absolute Gasteiger partial charge is 0.490 e. The Morgan fingerprint density at radius 1 is 1.32 bits per heavy atom. The zero-order valence-electron chi connectivity index (χ0n) is 14.6. The summed E-state index contributed by atoms with van der Waals surface area (Å²) in [6.45, 7) is 0.323. The molecule has 10 heteroatoms. The first-order chi connectivity index (χ1) is 13.4. The fourth-order valence-corrected chi connectivity index (χ4v) is 2.69. The maximum absolute atomic E-state index is 13.0. The molecule has 0 bridgehead atoms. The van der Waals surface area contributed by atoms with Crippen LogP contribution in [0.3, 0.4) is 0 Å². The molecule has 0 radical (unpaired) electrons.